The summed E-state index contributed by atoms with van der Waals surface area (Å²) in [5.41, 5.74) is 0. The van der Waals surface area contributed by atoms with Crippen LogP contribution >= 0.6 is 0 Å². The first-order chi connectivity index (χ1) is 6.72. The summed E-state index contributed by atoms with van der Waals surface area (Å²) in [6.07, 6.45) is 0. The van der Waals surface area contributed by atoms with Gasteiger partial charge in [0.05, 0.1) is 13.6 Å². The highest BCUT2D eigenvalue weighted by molar-refractivity contribution is 4.75. The molecule has 1 atom stereocenters. The minimum absolute atomic E-state index is 0.497. The maximum atomic E-state index is 5.02. The van der Waals surface area contributed by atoms with E-state index in [0.717, 1.165) is 19.0 Å². The molecule has 0 saturated heterocycles. The zero-order valence-electron chi connectivity index (χ0n) is 8.90. The van der Waals surface area contributed by atoms with Crippen molar-refractivity contribution >= 4 is 0 Å². The number of nitrogens with zero attached hydrogens (tertiary/aromatic N) is 4. The number of aromatic nitrogens is 4. The molecule has 6 nitrogen and oxygen atoms in total. The molecule has 0 radical (unpaired) electrons. The number of methoxy groups -OCH3 is 1. The molecule has 6 heteroatoms. The van der Waals surface area contributed by atoms with E-state index in [-0.39, 0.29) is 0 Å². The van der Waals surface area contributed by atoms with Gasteiger partial charge >= 0.3 is 0 Å². The first-order valence-electron chi connectivity index (χ1n) is 4.65. The topological polar surface area (TPSA) is 64.9 Å². The van der Waals surface area contributed by atoms with Gasteiger partial charge in [0.25, 0.3) is 0 Å². The van der Waals surface area contributed by atoms with Crippen LogP contribution in [0.3, 0.4) is 0 Å². The molecule has 0 aliphatic rings. The van der Waals surface area contributed by atoms with E-state index in [1.807, 2.05) is 0 Å². The highest BCUT2D eigenvalue weighted by Crippen LogP contribution is 1.93. The lowest BCUT2D eigenvalue weighted by atomic mass is 10.2. The van der Waals surface area contributed by atoms with Crippen molar-refractivity contribution in [1.29, 1.82) is 0 Å². The van der Waals surface area contributed by atoms with Crippen LogP contribution in [0.25, 0.3) is 0 Å². The molecule has 1 N–H and O–H groups in total. The van der Waals surface area contributed by atoms with E-state index < -0.39 is 0 Å². The van der Waals surface area contributed by atoms with Gasteiger partial charge in [-0.2, -0.15) is 4.80 Å². The van der Waals surface area contributed by atoms with Crippen LogP contribution in [-0.4, -0.2) is 40.5 Å². The average Bonchev–Trinajstić information content (AvgIpc) is 2.52. The van der Waals surface area contributed by atoms with Crippen LogP contribution < -0.4 is 5.32 Å². The van der Waals surface area contributed by atoms with Crippen molar-refractivity contribution in [2.24, 2.45) is 13.0 Å². The molecular weight excluding hydrogens is 182 g/mol. The third kappa shape index (κ3) is 3.80. The predicted molar refractivity (Wildman–Crippen MR) is 51.5 cm³/mol. The van der Waals surface area contributed by atoms with Crippen LogP contribution in [0.2, 0.25) is 0 Å². The average molecular weight is 199 g/mol. The van der Waals surface area contributed by atoms with Gasteiger partial charge in [0.15, 0.2) is 5.82 Å². The zero-order valence-corrected chi connectivity index (χ0v) is 8.90. The van der Waals surface area contributed by atoms with Crippen LogP contribution in [0.15, 0.2) is 0 Å². The van der Waals surface area contributed by atoms with Crippen molar-refractivity contribution in [2.75, 3.05) is 20.3 Å². The van der Waals surface area contributed by atoms with Gasteiger partial charge in [0, 0.05) is 20.3 Å². The molecule has 1 aromatic rings. The Morgan fingerprint density at radius 2 is 2.36 bits per heavy atom. The number of tetrazole rings is 1. The monoisotopic (exact) mass is 199 g/mol. The van der Waals surface area contributed by atoms with Crippen molar-refractivity contribution in [1.82, 2.24) is 25.5 Å². The number of hydrogen-bond acceptors (Lipinski definition) is 5. The Morgan fingerprint density at radius 1 is 1.57 bits per heavy atom. The fourth-order valence-electron chi connectivity index (χ4n) is 1.17. The van der Waals surface area contributed by atoms with Gasteiger partial charge in [0.1, 0.15) is 0 Å². The van der Waals surface area contributed by atoms with Gasteiger partial charge < -0.3 is 10.1 Å². The number of aryl methyl sites for hydroxylation is 1. The summed E-state index contributed by atoms with van der Waals surface area (Å²) in [5.74, 6) is 1.22. The second kappa shape index (κ2) is 5.66. The smallest absolute Gasteiger partial charge is 0.188 e. The van der Waals surface area contributed by atoms with Gasteiger partial charge in [-0.15, -0.1) is 10.2 Å². The Morgan fingerprint density at radius 3 is 2.93 bits per heavy atom. The van der Waals surface area contributed by atoms with Crippen molar-refractivity contribution < 1.29 is 4.74 Å². The molecule has 14 heavy (non-hydrogen) atoms. The summed E-state index contributed by atoms with van der Waals surface area (Å²) in [6.45, 7) is 4.44. The first-order valence-corrected chi connectivity index (χ1v) is 4.65. The lowest BCUT2D eigenvalue weighted by Gasteiger charge is -2.09. The predicted octanol–water partition coefficient (Wildman–Crippen LogP) is -0.418. The van der Waals surface area contributed by atoms with Crippen molar-refractivity contribution in [3.63, 3.8) is 0 Å². The van der Waals surface area contributed by atoms with E-state index in [2.05, 4.69) is 27.7 Å². The maximum Gasteiger partial charge on any atom is 0.188 e. The molecule has 0 aliphatic heterocycles. The minimum Gasteiger partial charge on any atom is -0.384 e. The van der Waals surface area contributed by atoms with Crippen LogP contribution in [-0.2, 0) is 18.3 Å². The van der Waals surface area contributed by atoms with Gasteiger partial charge in [-0.25, -0.2) is 0 Å². The highest BCUT2D eigenvalue weighted by atomic mass is 16.5. The van der Waals surface area contributed by atoms with Crippen LogP contribution in [0.5, 0.6) is 0 Å². The molecule has 1 heterocycles. The van der Waals surface area contributed by atoms with Gasteiger partial charge in [0.2, 0.25) is 0 Å². The summed E-state index contributed by atoms with van der Waals surface area (Å²) < 4.78 is 5.02. The molecule has 0 spiro atoms. The van der Waals surface area contributed by atoms with Crippen LogP contribution in [0, 0.1) is 5.92 Å². The van der Waals surface area contributed by atoms with E-state index in [9.17, 15) is 0 Å². The van der Waals surface area contributed by atoms with E-state index >= 15 is 0 Å². The molecule has 0 aromatic carbocycles. The van der Waals surface area contributed by atoms with E-state index in [4.69, 9.17) is 4.74 Å². The summed E-state index contributed by atoms with van der Waals surface area (Å²) >= 11 is 0. The first kappa shape index (κ1) is 11.1. The normalized spacial score (nSPS) is 13.1. The Balaban J connectivity index is 2.15. The third-order valence-corrected chi connectivity index (χ3v) is 1.78. The Kier molecular flexibility index (Phi) is 4.48. The Hall–Kier alpha value is -1.01. The van der Waals surface area contributed by atoms with E-state index in [1.165, 1.54) is 4.80 Å². The number of nitrogens with one attached hydrogen (secondary N) is 1. The number of hydrogen-bond donors (Lipinski definition) is 1. The summed E-state index contributed by atoms with van der Waals surface area (Å²) in [7, 11) is 3.46. The lowest BCUT2D eigenvalue weighted by Crippen LogP contribution is -2.24. The molecule has 1 aromatic heterocycles. The van der Waals surface area contributed by atoms with E-state index in [0.29, 0.717) is 12.5 Å². The molecule has 1 unspecified atom stereocenters. The van der Waals surface area contributed by atoms with Gasteiger partial charge in [-0.1, -0.05) is 6.92 Å². The summed E-state index contributed by atoms with van der Waals surface area (Å²) in [5, 5.41) is 14.9. The molecule has 0 aliphatic carbocycles. The standard InChI is InChI=1S/C8H17N5O/c1-7(6-14-3)4-9-5-8-10-12-13(2)11-8/h7,9H,4-6H2,1-3H3. The van der Waals surface area contributed by atoms with Crippen LogP contribution in [0.1, 0.15) is 12.7 Å². The fraction of sp³-hybridized carbons (Fsp3) is 0.875. The number of rotatable bonds is 6. The SMILES string of the molecule is COCC(C)CNCc1nnn(C)n1. The molecule has 0 amide bonds. The second-order valence-electron chi connectivity index (χ2n) is 3.39. The fourth-order valence-corrected chi connectivity index (χ4v) is 1.17. The minimum atomic E-state index is 0.497. The molecule has 0 fully saturated rings. The molecule has 0 bridgehead atoms. The molecule has 0 saturated carbocycles. The lowest BCUT2D eigenvalue weighted by molar-refractivity contribution is 0.158. The zero-order chi connectivity index (χ0) is 10.4. The van der Waals surface area contributed by atoms with Crippen molar-refractivity contribution in [3.8, 4) is 0 Å². The largest absolute Gasteiger partial charge is 0.384 e. The van der Waals surface area contributed by atoms with Gasteiger partial charge in [-0.05, 0) is 11.1 Å². The number of ether oxygens (including phenoxy) is 1. The van der Waals surface area contributed by atoms with Crippen molar-refractivity contribution in [3.05, 3.63) is 5.82 Å². The second-order valence-corrected chi connectivity index (χ2v) is 3.39. The van der Waals surface area contributed by atoms with Crippen molar-refractivity contribution in [2.45, 2.75) is 13.5 Å². The van der Waals surface area contributed by atoms with E-state index in [1.54, 1.807) is 14.2 Å². The quantitative estimate of drug-likeness (QED) is 0.674. The molecular formula is C8H17N5O. The Labute approximate surface area is 83.6 Å². The summed E-state index contributed by atoms with van der Waals surface area (Å²) in [4.78, 5) is 1.45. The molecule has 80 valence electrons. The highest BCUT2D eigenvalue weighted by Gasteiger charge is 2.02. The summed E-state index contributed by atoms with van der Waals surface area (Å²) in [6, 6.07) is 0. The Bertz CT molecular complexity index is 262. The van der Waals surface area contributed by atoms with Gasteiger partial charge in [-0.3, -0.25) is 0 Å². The third-order valence-electron chi connectivity index (χ3n) is 1.78. The maximum absolute atomic E-state index is 5.02. The molecule has 1 rings (SSSR count). The van der Waals surface area contributed by atoms with Crippen LogP contribution in [0.4, 0.5) is 0 Å².